The van der Waals surface area contributed by atoms with Crippen LogP contribution in [0.25, 0.3) is 0 Å². The van der Waals surface area contributed by atoms with Gasteiger partial charge < -0.3 is 10.2 Å². The minimum absolute atomic E-state index is 0.0292. The van der Waals surface area contributed by atoms with Gasteiger partial charge in [-0.3, -0.25) is 9.59 Å². The summed E-state index contributed by atoms with van der Waals surface area (Å²) in [5, 5.41) is 2.98. The van der Waals surface area contributed by atoms with Gasteiger partial charge in [0.15, 0.2) is 0 Å². The summed E-state index contributed by atoms with van der Waals surface area (Å²) in [6.45, 7) is 0.551. The van der Waals surface area contributed by atoms with E-state index >= 15 is 0 Å². The van der Waals surface area contributed by atoms with Gasteiger partial charge in [0.2, 0.25) is 21.8 Å². The number of fused-ring (bicyclic) bond motifs is 1. The maximum atomic E-state index is 13.5. The van der Waals surface area contributed by atoms with Gasteiger partial charge in [-0.25, -0.2) is 12.8 Å². The Balaban J connectivity index is 1.48. The van der Waals surface area contributed by atoms with E-state index in [2.05, 4.69) is 5.32 Å². The Morgan fingerprint density at radius 1 is 1.03 bits per heavy atom. The van der Waals surface area contributed by atoms with E-state index in [1.54, 1.807) is 0 Å². The van der Waals surface area contributed by atoms with Crippen LogP contribution in [0.4, 0.5) is 10.1 Å². The van der Waals surface area contributed by atoms with E-state index in [4.69, 9.17) is 23.2 Å². The minimum Gasteiger partial charge on any atom is -0.340 e. The number of piperazine rings is 1. The minimum atomic E-state index is -3.79. The third-order valence-corrected chi connectivity index (χ3v) is 8.07. The van der Waals surface area contributed by atoms with Crippen molar-refractivity contribution in [1.29, 1.82) is 0 Å². The molecule has 2 aromatic rings. The standard InChI is InChI=1S/C20H18Cl2FN3O4S/c21-16-4-2-13(10-17(16)22)31(29,30)26-7-5-25(6-8-26)20(28)15-11-19(27)24-18-9-12(23)1-3-14(15)18/h1-4,9-10,15H,5-8,11H2,(H,24,27). The van der Waals surface area contributed by atoms with Crippen LogP contribution >= 0.6 is 23.2 Å². The molecule has 4 rings (SSSR count). The van der Waals surface area contributed by atoms with Gasteiger partial charge in [0.05, 0.1) is 20.9 Å². The molecule has 0 aromatic heterocycles. The third-order valence-electron chi connectivity index (χ3n) is 5.43. The highest BCUT2D eigenvalue weighted by Crippen LogP contribution is 2.34. The van der Waals surface area contributed by atoms with E-state index in [0.717, 1.165) is 0 Å². The summed E-state index contributed by atoms with van der Waals surface area (Å²) in [4.78, 5) is 26.7. The summed E-state index contributed by atoms with van der Waals surface area (Å²) in [5.41, 5.74) is 0.840. The molecule has 0 bridgehead atoms. The second-order valence-electron chi connectivity index (χ2n) is 7.34. The zero-order valence-corrected chi connectivity index (χ0v) is 18.5. The molecule has 31 heavy (non-hydrogen) atoms. The molecule has 1 fully saturated rings. The first-order valence-electron chi connectivity index (χ1n) is 9.50. The topological polar surface area (TPSA) is 86.8 Å². The summed E-state index contributed by atoms with van der Waals surface area (Å²) in [6, 6.07) is 8.04. The smallest absolute Gasteiger partial charge is 0.243 e. The molecular formula is C20H18Cl2FN3O4S. The normalized spacial score (nSPS) is 19.6. The molecule has 1 unspecified atom stereocenters. The second kappa shape index (κ2) is 8.38. The fourth-order valence-electron chi connectivity index (χ4n) is 3.81. The Hall–Kier alpha value is -2.20. The SMILES string of the molecule is O=C1CC(C(=O)N2CCN(S(=O)(=O)c3ccc(Cl)c(Cl)c3)CC2)c2ccc(F)cc2N1. The molecule has 0 spiro atoms. The summed E-state index contributed by atoms with van der Waals surface area (Å²) in [6.07, 6.45) is -0.0424. The fourth-order valence-corrected chi connectivity index (χ4v) is 5.62. The van der Waals surface area contributed by atoms with Crippen LogP contribution in [0.5, 0.6) is 0 Å². The molecule has 7 nitrogen and oxygen atoms in total. The van der Waals surface area contributed by atoms with E-state index in [1.807, 2.05) is 0 Å². The number of carbonyl (C=O) groups is 2. The van der Waals surface area contributed by atoms with Crippen LogP contribution in [0.15, 0.2) is 41.3 Å². The van der Waals surface area contributed by atoms with Crippen molar-refractivity contribution < 1.29 is 22.4 Å². The molecular weight excluding hydrogens is 468 g/mol. The number of amides is 2. The highest BCUT2D eigenvalue weighted by atomic mass is 35.5. The Labute approximate surface area is 188 Å². The van der Waals surface area contributed by atoms with Gasteiger partial charge in [-0.1, -0.05) is 29.3 Å². The largest absolute Gasteiger partial charge is 0.340 e. The van der Waals surface area contributed by atoms with Gasteiger partial charge in [-0.15, -0.1) is 0 Å². The number of nitrogens with zero attached hydrogens (tertiary/aromatic N) is 2. The molecule has 2 heterocycles. The summed E-state index contributed by atoms with van der Waals surface area (Å²) < 4.78 is 40.6. The molecule has 1 saturated heterocycles. The number of carbonyl (C=O) groups excluding carboxylic acids is 2. The number of rotatable bonds is 3. The molecule has 2 aromatic carbocycles. The number of halogens is 3. The number of hydrogen-bond donors (Lipinski definition) is 1. The van der Waals surface area contributed by atoms with Crippen molar-refractivity contribution >= 4 is 50.7 Å². The van der Waals surface area contributed by atoms with Crippen molar-refractivity contribution in [2.75, 3.05) is 31.5 Å². The maximum absolute atomic E-state index is 13.5. The zero-order valence-electron chi connectivity index (χ0n) is 16.1. The van der Waals surface area contributed by atoms with Crippen LogP contribution in [0.3, 0.4) is 0 Å². The molecule has 11 heteroatoms. The van der Waals surface area contributed by atoms with Gasteiger partial charge in [0.1, 0.15) is 5.82 Å². The fraction of sp³-hybridized carbons (Fsp3) is 0.300. The van der Waals surface area contributed by atoms with Crippen molar-refractivity contribution in [1.82, 2.24) is 9.21 Å². The number of anilines is 1. The van der Waals surface area contributed by atoms with Crippen molar-refractivity contribution in [3.8, 4) is 0 Å². The molecule has 164 valence electrons. The quantitative estimate of drug-likeness (QED) is 0.723. The van der Waals surface area contributed by atoms with E-state index in [-0.39, 0.29) is 65.0 Å². The first-order valence-corrected chi connectivity index (χ1v) is 11.7. The van der Waals surface area contributed by atoms with Crippen LogP contribution in [0.1, 0.15) is 17.9 Å². The number of benzene rings is 2. The molecule has 1 N–H and O–H groups in total. The predicted molar refractivity (Wildman–Crippen MR) is 114 cm³/mol. The van der Waals surface area contributed by atoms with Crippen molar-refractivity contribution in [3.05, 3.63) is 57.8 Å². The van der Waals surface area contributed by atoms with E-state index in [1.165, 1.54) is 45.6 Å². The lowest BCUT2D eigenvalue weighted by Crippen LogP contribution is -2.52. The van der Waals surface area contributed by atoms with Crippen LogP contribution in [-0.4, -0.2) is 55.6 Å². The van der Waals surface area contributed by atoms with Crippen molar-refractivity contribution in [3.63, 3.8) is 0 Å². The summed E-state index contributed by atoms with van der Waals surface area (Å²) in [7, 11) is -3.79. The predicted octanol–water partition coefficient (Wildman–Crippen LogP) is 3.09. The average Bonchev–Trinajstić information content (AvgIpc) is 2.74. The third kappa shape index (κ3) is 4.27. The molecule has 1 atom stereocenters. The van der Waals surface area contributed by atoms with E-state index < -0.39 is 21.8 Å². The number of sulfonamides is 1. The van der Waals surface area contributed by atoms with Gasteiger partial charge in [-0.2, -0.15) is 4.31 Å². The lowest BCUT2D eigenvalue weighted by molar-refractivity contribution is -0.136. The molecule has 0 aliphatic carbocycles. The van der Waals surface area contributed by atoms with Gasteiger partial charge >= 0.3 is 0 Å². The Kier molecular flexibility index (Phi) is 5.95. The van der Waals surface area contributed by atoms with Crippen LogP contribution in [-0.2, 0) is 19.6 Å². The van der Waals surface area contributed by atoms with Gasteiger partial charge in [0.25, 0.3) is 0 Å². The van der Waals surface area contributed by atoms with Crippen LogP contribution in [0.2, 0.25) is 10.0 Å². The molecule has 2 aliphatic rings. The first-order chi connectivity index (χ1) is 14.7. The van der Waals surface area contributed by atoms with Gasteiger partial charge in [0, 0.05) is 38.3 Å². The number of nitrogens with one attached hydrogen (secondary N) is 1. The molecule has 0 saturated carbocycles. The molecule has 2 aliphatic heterocycles. The van der Waals surface area contributed by atoms with E-state index in [9.17, 15) is 22.4 Å². The molecule has 0 radical (unpaired) electrons. The Bertz CT molecular complexity index is 1170. The van der Waals surface area contributed by atoms with E-state index in [0.29, 0.717) is 5.56 Å². The monoisotopic (exact) mass is 485 g/mol. The highest BCUT2D eigenvalue weighted by Gasteiger charge is 2.36. The highest BCUT2D eigenvalue weighted by molar-refractivity contribution is 7.89. The lowest BCUT2D eigenvalue weighted by Gasteiger charge is -2.36. The average molecular weight is 486 g/mol. The van der Waals surface area contributed by atoms with Crippen LogP contribution in [0, 0.1) is 5.82 Å². The van der Waals surface area contributed by atoms with Crippen LogP contribution < -0.4 is 5.32 Å². The van der Waals surface area contributed by atoms with Crippen molar-refractivity contribution in [2.24, 2.45) is 0 Å². The lowest BCUT2D eigenvalue weighted by atomic mass is 9.89. The van der Waals surface area contributed by atoms with Crippen molar-refractivity contribution in [2.45, 2.75) is 17.2 Å². The van der Waals surface area contributed by atoms with Gasteiger partial charge in [-0.05, 0) is 35.9 Å². The Morgan fingerprint density at radius 2 is 1.74 bits per heavy atom. The summed E-state index contributed by atoms with van der Waals surface area (Å²) >= 11 is 11.8. The maximum Gasteiger partial charge on any atom is 0.243 e. The summed E-state index contributed by atoms with van der Waals surface area (Å²) in [5.74, 6) is -1.89. The molecule has 2 amide bonds. The Morgan fingerprint density at radius 3 is 2.42 bits per heavy atom. The second-order valence-corrected chi connectivity index (χ2v) is 10.1. The first kappa shape index (κ1) is 22.0. The zero-order chi connectivity index (χ0) is 22.3. The number of hydrogen-bond acceptors (Lipinski definition) is 4.